The van der Waals surface area contributed by atoms with E-state index in [0.29, 0.717) is 13.0 Å². The van der Waals surface area contributed by atoms with E-state index in [1.807, 2.05) is 30.3 Å². The molecule has 0 unspecified atom stereocenters. The number of ether oxygens (including phenoxy) is 3. The second kappa shape index (κ2) is 6.40. The summed E-state index contributed by atoms with van der Waals surface area (Å²) in [6.07, 6.45) is 1.54. The summed E-state index contributed by atoms with van der Waals surface area (Å²) in [5.74, 6) is 0.464. The summed E-state index contributed by atoms with van der Waals surface area (Å²) in [5, 5.41) is 0. The molecule has 18 heavy (non-hydrogen) atoms. The number of carbonyl (C=O) groups excluding carboxylic acids is 1. The van der Waals surface area contributed by atoms with Gasteiger partial charge in [0.1, 0.15) is 5.75 Å². The number of para-hydroxylation sites is 1. The van der Waals surface area contributed by atoms with Gasteiger partial charge in [0.05, 0.1) is 6.61 Å². The van der Waals surface area contributed by atoms with Crippen LogP contribution in [0.5, 0.6) is 5.75 Å². The molecule has 0 bridgehead atoms. The van der Waals surface area contributed by atoms with E-state index in [1.54, 1.807) is 6.92 Å². The van der Waals surface area contributed by atoms with Crippen LogP contribution in [0.25, 0.3) is 0 Å². The molecule has 0 radical (unpaired) electrons. The van der Waals surface area contributed by atoms with Crippen molar-refractivity contribution in [3.05, 3.63) is 30.3 Å². The highest BCUT2D eigenvalue weighted by Gasteiger charge is 2.29. The number of esters is 1. The summed E-state index contributed by atoms with van der Waals surface area (Å²) >= 11 is 0. The van der Waals surface area contributed by atoms with Gasteiger partial charge in [0, 0.05) is 6.42 Å². The molecule has 98 valence electrons. The summed E-state index contributed by atoms with van der Waals surface area (Å²) < 4.78 is 16.3. The van der Waals surface area contributed by atoms with Crippen molar-refractivity contribution in [1.29, 1.82) is 0 Å². The first-order chi connectivity index (χ1) is 8.79. The van der Waals surface area contributed by atoms with Crippen LogP contribution >= 0.6 is 0 Å². The van der Waals surface area contributed by atoms with Crippen molar-refractivity contribution in [3.8, 4) is 5.75 Å². The Morgan fingerprint density at radius 1 is 1.33 bits per heavy atom. The Labute approximate surface area is 107 Å². The maximum atomic E-state index is 11.6. The third-order valence-corrected chi connectivity index (χ3v) is 2.78. The lowest BCUT2D eigenvalue weighted by molar-refractivity contribution is -0.185. The van der Waals surface area contributed by atoms with Gasteiger partial charge in [-0.15, -0.1) is 0 Å². The van der Waals surface area contributed by atoms with Crippen LogP contribution in [-0.4, -0.2) is 25.0 Å². The Bertz CT molecular complexity index is 377. The molecule has 1 saturated heterocycles. The topological polar surface area (TPSA) is 44.8 Å². The quantitative estimate of drug-likeness (QED) is 0.770. The van der Waals surface area contributed by atoms with Crippen molar-refractivity contribution in [2.75, 3.05) is 6.61 Å². The highest BCUT2D eigenvalue weighted by Crippen LogP contribution is 2.23. The fourth-order valence-corrected chi connectivity index (χ4v) is 1.94. The second-order valence-corrected chi connectivity index (χ2v) is 4.17. The van der Waals surface area contributed by atoms with Gasteiger partial charge in [-0.05, 0) is 31.9 Å². The van der Waals surface area contributed by atoms with Crippen molar-refractivity contribution < 1.29 is 19.0 Å². The molecule has 2 atom stereocenters. The molecule has 0 aliphatic carbocycles. The molecule has 1 aliphatic heterocycles. The van der Waals surface area contributed by atoms with Gasteiger partial charge in [-0.3, -0.25) is 0 Å². The fourth-order valence-electron chi connectivity index (χ4n) is 1.94. The van der Waals surface area contributed by atoms with Gasteiger partial charge in [-0.2, -0.15) is 0 Å². The Balaban J connectivity index is 1.89. The predicted molar refractivity (Wildman–Crippen MR) is 66.2 cm³/mol. The fraction of sp³-hybridized carbons (Fsp3) is 0.500. The monoisotopic (exact) mass is 250 g/mol. The summed E-state index contributed by atoms with van der Waals surface area (Å²) in [6.45, 7) is 2.17. The van der Waals surface area contributed by atoms with Gasteiger partial charge in [0.25, 0.3) is 0 Å². The van der Waals surface area contributed by atoms with E-state index in [0.717, 1.165) is 18.6 Å². The first-order valence-electron chi connectivity index (χ1n) is 6.33. The maximum Gasteiger partial charge on any atom is 0.335 e. The molecule has 2 rings (SSSR count). The van der Waals surface area contributed by atoms with Crippen molar-refractivity contribution in [2.45, 2.75) is 38.6 Å². The van der Waals surface area contributed by atoms with Crippen LogP contribution in [0.2, 0.25) is 0 Å². The molecule has 0 saturated carbocycles. The van der Waals surface area contributed by atoms with Gasteiger partial charge >= 0.3 is 5.97 Å². The Kier molecular flexibility index (Phi) is 4.59. The Morgan fingerprint density at radius 3 is 2.83 bits per heavy atom. The zero-order chi connectivity index (χ0) is 12.8. The standard InChI is InChI=1S/C14H18O4/c1-2-16-14(15)12-9-6-10-13(18-12)17-11-7-4-3-5-8-11/h3-5,7-8,12-13H,2,6,9-10H2,1H3/t12-,13-/m1/s1. The zero-order valence-electron chi connectivity index (χ0n) is 10.5. The minimum absolute atomic E-state index is 0.293. The molecule has 1 heterocycles. The minimum atomic E-state index is -0.493. The molecule has 0 N–H and O–H groups in total. The van der Waals surface area contributed by atoms with Crippen molar-refractivity contribution in [3.63, 3.8) is 0 Å². The first-order valence-corrected chi connectivity index (χ1v) is 6.33. The lowest BCUT2D eigenvalue weighted by atomic mass is 10.1. The molecule has 1 fully saturated rings. The van der Waals surface area contributed by atoms with Crippen LogP contribution in [-0.2, 0) is 14.3 Å². The molecule has 4 nitrogen and oxygen atoms in total. The van der Waals surface area contributed by atoms with E-state index < -0.39 is 6.10 Å². The lowest BCUT2D eigenvalue weighted by Gasteiger charge is -2.28. The third kappa shape index (κ3) is 3.47. The number of hydrogen-bond donors (Lipinski definition) is 0. The number of carbonyl (C=O) groups is 1. The van der Waals surface area contributed by atoms with Crippen molar-refractivity contribution >= 4 is 5.97 Å². The number of benzene rings is 1. The number of rotatable bonds is 4. The summed E-state index contributed by atoms with van der Waals surface area (Å²) in [4.78, 5) is 11.6. The molecule has 1 aliphatic rings. The minimum Gasteiger partial charge on any atom is -0.465 e. The third-order valence-electron chi connectivity index (χ3n) is 2.78. The van der Waals surface area contributed by atoms with E-state index in [4.69, 9.17) is 14.2 Å². The van der Waals surface area contributed by atoms with Crippen LogP contribution in [0.4, 0.5) is 0 Å². The molecule has 1 aromatic carbocycles. The van der Waals surface area contributed by atoms with Gasteiger partial charge in [-0.25, -0.2) is 4.79 Å². The van der Waals surface area contributed by atoms with Crippen LogP contribution < -0.4 is 4.74 Å². The molecule has 4 heteroatoms. The number of hydrogen-bond acceptors (Lipinski definition) is 4. The highest BCUT2D eigenvalue weighted by atomic mass is 16.7. The Hall–Kier alpha value is -1.55. The van der Waals surface area contributed by atoms with E-state index >= 15 is 0 Å². The van der Waals surface area contributed by atoms with Crippen molar-refractivity contribution in [1.82, 2.24) is 0 Å². The maximum absolute atomic E-state index is 11.6. The molecule has 0 spiro atoms. The summed E-state index contributed by atoms with van der Waals surface area (Å²) in [7, 11) is 0. The van der Waals surface area contributed by atoms with Crippen LogP contribution in [0, 0.1) is 0 Å². The van der Waals surface area contributed by atoms with Crippen LogP contribution in [0.1, 0.15) is 26.2 Å². The Morgan fingerprint density at radius 2 is 2.11 bits per heavy atom. The van der Waals surface area contributed by atoms with Gasteiger partial charge in [0.2, 0.25) is 6.29 Å². The lowest BCUT2D eigenvalue weighted by Crippen LogP contribution is -2.37. The smallest absolute Gasteiger partial charge is 0.335 e. The van der Waals surface area contributed by atoms with Crippen LogP contribution in [0.15, 0.2) is 30.3 Å². The van der Waals surface area contributed by atoms with Crippen LogP contribution in [0.3, 0.4) is 0 Å². The summed E-state index contributed by atoms with van der Waals surface area (Å²) in [6, 6.07) is 9.48. The van der Waals surface area contributed by atoms with E-state index in [1.165, 1.54) is 0 Å². The zero-order valence-corrected chi connectivity index (χ0v) is 10.5. The average molecular weight is 250 g/mol. The molecule has 0 aromatic heterocycles. The average Bonchev–Trinajstić information content (AvgIpc) is 2.40. The SMILES string of the molecule is CCOC(=O)[C@H]1CCC[C@H](Oc2ccccc2)O1. The molecular formula is C14H18O4. The second-order valence-electron chi connectivity index (χ2n) is 4.17. The first kappa shape index (κ1) is 12.9. The van der Waals surface area contributed by atoms with Gasteiger partial charge < -0.3 is 14.2 Å². The predicted octanol–water partition coefficient (Wildman–Crippen LogP) is 2.52. The molecule has 1 aromatic rings. The van der Waals surface area contributed by atoms with Gasteiger partial charge in [-0.1, -0.05) is 18.2 Å². The molecule has 0 amide bonds. The van der Waals surface area contributed by atoms with Crippen molar-refractivity contribution in [2.24, 2.45) is 0 Å². The van der Waals surface area contributed by atoms with E-state index in [9.17, 15) is 4.79 Å². The summed E-state index contributed by atoms with van der Waals surface area (Å²) in [5.41, 5.74) is 0. The highest BCUT2D eigenvalue weighted by molar-refractivity contribution is 5.74. The van der Waals surface area contributed by atoms with E-state index in [-0.39, 0.29) is 12.3 Å². The molecular weight excluding hydrogens is 232 g/mol. The largest absolute Gasteiger partial charge is 0.465 e. The van der Waals surface area contributed by atoms with E-state index in [2.05, 4.69) is 0 Å². The van der Waals surface area contributed by atoms with Gasteiger partial charge in [0.15, 0.2) is 6.10 Å². The normalized spacial score (nSPS) is 23.4.